The second-order valence-corrected chi connectivity index (χ2v) is 4.43. The van der Waals surface area contributed by atoms with E-state index in [0.29, 0.717) is 30.1 Å². The third-order valence-corrected chi connectivity index (χ3v) is 2.81. The molecule has 106 valence electrons. The molecular weight excluding hydrogens is 246 g/mol. The van der Waals surface area contributed by atoms with Crippen molar-refractivity contribution in [2.24, 2.45) is 0 Å². The van der Waals surface area contributed by atoms with Crippen molar-refractivity contribution in [1.82, 2.24) is 4.90 Å². The van der Waals surface area contributed by atoms with Gasteiger partial charge in [0, 0.05) is 12.1 Å². The molecule has 0 amide bonds. The van der Waals surface area contributed by atoms with Gasteiger partial charge in [0.1, 0.15) is 6.61 Å². The van der Waals surface area contributed by atoms with Crippen molar-refractivity contribution in [3.63, 3.8) is 0 Å². The maximum atomic E-state index is 11.2. The van der Waals surface area contributed by atoms with Gasteiger partial charge in [-0.1, -0.05) is 6.92 Å². The largest absolute Gasteiger partial charge is 0.493 e. The van der Waals surface area contributed by atoms with Crippen LogP contribution in [0.2, 0.25) is 0 Å². The van der Waals surface area contributed by atoms with Gasteiger partial charge < -0.3 is 19.5 Å². The number of carboxylic acid groups (broad SMARTS) is 1. The highest BCUT2D eigenvalue weighted by molar-refractivity contribution is 5.90. The van der Waals surface area contributed by atoms with Crippen molar-refractivity contribution in [3.05, 3.63) is 23.3 Å². The van der Waals surface area contributed by atoms with Crippen molar-refractivity contribution < 1.29 is 19.4 Å². The average molecular weight is 267 g/mol. The second-order valence-electron chi connectivity index (χ2n) is 4.43. The van der Waals surface area contributed by atoms with E-state index in [1.54, 1.807) is 19.2 Å². The standard InChI is InChI=1S/C14H21NO4/c1-5-10-11(14(16)17)6-7-12(18-4)13(10)19-9-8-15(2)3/h6-7H,5,8-9H2,1-4H3,(H,16,17). The van der Waals surface area contributed by atoms with Gasteiger partial charge in [-0.3, -0.25) is 0 Å². The monoisotopic (exact) mass is 267 g/mol. The Morgan fingerprint density at radius 2 is 2.05 bits per heavy atom. The lowest BCUT2D eigenvalue weighted by Gasteiger charge is -2.17. The number of methoxy groups -OCH3 is 1. The van der Waals surface area contributed by atoms with Crippen molar-refractivity contribution in [2.75, 3.05) is 34.4 Å². The summed E-state index contributed by atoms with van der Waals surface area (Å²) in [4.78, 5) is 13.2. The van der Waals surface area contributed by atoms with Crippen LogP contribution in [0.4, 0.5) is 0 Å². The first-order chi connectivity index (χ1) is 9.01. The molecule has 0 bridgehead atoms. The van der Waals surface area contributed by atoms with Gasteiger partial charge in [-0.2, -0.15) is 0 Å². The summed E-state index contributed by atoms with van der Waals surface area (Å²) in [6.45, 7) is 3.14. The van der Waals surface area contributed by atoms with E-state index in [-0.39, 0.29) is 5.56 Å². The van der Waals surface area contributed by atoms with Gasteiger partial charge in [-0.05, 0) is 32.6 Å². The van der Waals surface area contributed by atoms with E-state index in [1.165, 1.54) is 0 Å². The molecule has 0 aliphatic rings. The molecule has 0 spiro atoms. The summed E-state index contributed by atoms with van der Waals surface area (Å²) in [6, 6.07) is 3.19. The molecule has 0 fully saturated rings. The van der Waals surface area contributed by atoms with E-state index >= 15 is 0 Å². The summed E-state index contributed by atoms with van der Waals surface area (Å²) in [5.41, 5.74) is 0.939. The number of hydrogen-bond acceptors (Lipinski definition) is 4. The van der Waals surface area contributed by atoms with E-state index in [4.69, 9.17) is 9.47 Å². The lowest BCUT2D eigenvalue weighted by molar-refractivity contribution is 0.0695. The van der Waals surface area contributed by atoms with Crippen LogP contribution in [0, 0.1) is 0 Å². The number of likely N-dealkylation sites (N-methyl/N-ethyl adjacent to an activating group) is 1. The molecule has 0 radical (unpaired) electrons. The van der Waals surface area contributed by atoms with Crippen LogP contribution in [-0.2, 0) is 6.42 Å². The molecule has 5 heteroatoms. The molecule has 0 heterocycles. The van der Waals surface area contributed by atoms with Crippen LogP contribution in [0.3, 0.4) is 0 Å². The molecular formula is C14H21NO4. The molecule has 1 aromatic carbocycles. The van der Waals surface area contributed by atoms with E-state index in [2.05, 4.69) is 0 Å². The van der Waals surface area contributed by atoms with Crippen molar-refractivity contribution in [2.45, 2.75) is 13.3 Å². The molecule has 0 unspecified atom stereocenters. The molecule has 0 aliphatic carbocycles. The average Bonchev–Trinajstić information content (AvgIpc) is 2.37. The molecule has 19 heavy (non-hydrogen) atoms. The van der Waals surface area contributed by atoms with Gasteiger partial charge >= 0.3 is 5.97 Å². The number of ether oxygens (including phenoxy) is 2. The fourth-order valence-electron chi connectivity index (χ4n) is 1.81. The van der Waals surface area contributed by atoms with Crippen molar-refractivity contribution >= 4 is 5.97 Å². The third kappa shape index (κ3) is 3.86. The topological polar surface area (TPSA) is 59.0 Å². The highest BCUT2D eigenvalue weighted by atomic mass is 16.5. The lowest BCUT2D eigenvalue weighted by Crippen LogP contribution is -2.20. The van der Waals surface area contributed by atoms with Crippen LogP contribution < -0.4 is 9.47 Å². The van der Waals surface area contributed by atoms with Gasteiger partial charge in [-0.25, -0.2) is 4.79 Å². The molecule has 1 rings (SSSR count). The summed E-state index contributed by atoms with van der Waals surface area (Å²) < 4.78 is 11.0. The first-order valence-electron chi connectivity index (χ1n) is 6.21. The van der Waals surface area contributed by atoms with E-state index in [1.807, 2.05) is 25.9 Å². The normalized spacial score (nSPS) is 10.6. The Kier molecular flexibility index (Phi) is 5.63. The predicted molar refractivity (Wildman–Crippen MR) is 73.4 cm³/mol. The summed E-state index contributed by atoms with van der Waals surface area (Å²) in [5, 5.41) is 9.19. The van der Waals surface area contributed by atoms with E-state index < -0.39 is 5.97 Å². The van der Waals surface area contributed by atoms with Gasteiger partial charge in [0.15, 0.2) is 11.5 Å². The number of nitrogens with zero attached hydrogens (tertiary/aromatic N) is 1. The molecule has 0 saturated heterocycles. The maximum Gasteiger partial charge on any atom is 0.336 e. The summed E-state index contributed by atoms with van der Waals surface area (Å²) in [5.74, 6) is 0.157. The van der Waals surface area contributed by atoms with Crippen LogP contribution in [0.5, 0.6) is 11.5 Å². The molecule has 0 aliphatic heterocycles. The molecule has 1 N–H and O–H groups in total. The SMILES string of the molecule is CCc1c(C(=O)O)ccc(OC)c1OCCN(C)C. The van der Waals surface area contributed by atoms with Crippen LogP contribution in [0.25, 0.3) is 0 Å². The predicted octanol–water partition coefficient (Wildman–Crippen LogP) is 1.90. The Morgan fingerprint density at radius 1 is 1.37 bits per heavy atom. The molecule has 5 nitrogen and oxygen atoms in total. The number of benzene rings is 1. The van der Waals surface area contributed by atoms with E-state index in [9.17, 15) is 9.90 Å². The minimum Gasteiger partial charge on any atom is -0.493 e. The number of carboxylic acids is 1. The number of aromatic carboxylic acids is 1. The highest BCUT2D eigenvalue weighted by Crippen LogP contribution is 2.34. The fraction of sp³-hybridized carbons (Fsp3) is 0.500. The van der Waals surface area contributed by atoms with Crippen LogP contribution in [0.1, 0.15) is 22.8 Å². The summed E-state index contributed by atoms with van der Waals surface area (Å²) in [6.07, 6.45) is 0.579. The Morgan fingerprint density at radius 3 is 2.53 bits per heavy atom. The zero-order valence-electron chi connectivity index (χ0n) is 11.9. The summed E-state index contributed by atoms with van der Waals surface area (Å²) >= 11 is 0. The third-order valence-electron chi connectivity index (χ3n) is 2.81. The molecule has 0 atom stereocenters. The zero-order chi connectivity index (χ0) is 14.4. The van der Waals surface area contributed by atoms with Crippen LogP contribution in [-0.4, -0.2) is 50.3 Å². The van der Waals surface area contributed by atoms with Gasteiger partial charge in [-0.15, -0.1) is 0 Å². The minimum atomic E-state index is -0.947. The molecule has 1 aromatic rings. The quantitative estimate of drug-likeness (QED) is 0.817. The van der Waals surface area contributed by atoms with Gasteiger partial charge in [0.2, 0.25) is 0 Å². The fourth-order valence-corrected chi connectivity index (χ4v) is 1.81. The Bertz CT molecular complexity index is 443. The molecule has 0 aromatic heterocycles. The summed E-state index contributed by atoms with van der Waals surface area (Å²) in [7, 11) is 5.46. The van der Waals surface area contributed by atoms with E-state index in [0.717, 1.165) is 6.54 Å². The second kappa shape index (κ2) is 6.99. The zero-order valence-corrected chi connectivity index (χ0v) is 11.9. The number of hydrogen-bond donors (Lipinski definition) is 1. The maximum absolute atomic E-state index is 11.2. The van der Waals surface area contributed by atoms with Gasteiger partial charge in [0.05, 0.1) is 12.7 Å². The molecule has 0 saturated carbocycles. The number of carbonyl (C=O) groups is 1. The number of rotatable bonds is 7. The Hall–Kier alpha value is -1.75. The smallest absolute Gasteiger partial charge is 0.336 e. The van der Waals surface area contributed by atoms with Crippen molar-refractivity contribution in [3.8, 4) is 11.5 Å². The Labute approximate surface area is 113 Å². The minimum absolute atomic E-state index is 0.267. The Balaban J connectivity index is 3.09. The highest BCUT2D eigenvalue weighted by Gasteiger charge is 2.18. The van der Waals surface area contributed by atoms with Crippen LogP contribution in [0.15, 0.2) is 12.1 Å². The van der Waals surface area contributed by atoms with Gasteiger partial charge in [0.25, 0.3) is 0 Å². The first kappa shape index (κ1) is 15.3. The lowest BCUT2D eigenvalue weighted by atomic mass is 10.0. The van der Waals surface area contributed by atoms with Crippen molar-refractivity contribution in [1.29, 1.82) is 0 Å². The van der Waals surface area contributed by atoms with Crippen LogP contribution >= 0.6 is 0 Å². The first-order valence-corrected chi connectivity index (χ1v) is 6.21.